The van der Waals surface area contributed by atoms with Crippen LogP contribution in [-0.4, -0.2) is 36.4 Å². The molecule has 0 aliphatic carbocycles. The number of sulfonamides is 1. The molecule has 3 nitrogen and oxygen atoms in total. The van der Waals surface area contributed by atoms with Gasteiger partial charge in [-0.05, 0) is 18.8 Å². The first-order valence-corrected chi connectivity index (χ1v) is 7.56. The molecule has 84 valence electrons. The van der Waals surface area contributed by atoms with Crippen molar-refractivity contribution in [2.45, 2.75) is 31.5 Å². The van der Waals surface area contributed by atoms with E-state index in [4.69, 9.17) is 0 Å². The normalized spacial score (nSPS) is 21.7. The van der Waals surface area contributed by atoms with Crippen LogP contribution in [0, 0.1) is 5.92 Å². The van der Waals surface area contributed by atoms with Crippen LogP contribution in [-0.2, 0) is 10.0 Å². The van der Waals surface area contributed by atoms with Gasteiger partial charge in [0.05, 0.1) is 5.75 Å². The lowest BCUT2D eigenvalue weighted by atomic mass is 10.2. The first-order valence-electron chi connectivity index (χ1n) is 5.03. The Morgan fingerprint density at radius 1 is 1.36 bits per heavy atom. The van der Waals surface area contributed by atoms with Crippen molar-refractivity contribution in [1.29, 1.82) is 0 Å². The van der Waals surface area contributed by atoms with Gasteiger partial charge in [0.2, 0.25) is 10.0 Å². The Balaban J connectivity index is 2.56. The lowest BCUT2D eigenvalue weighted by molar-refractivity contribution is 0.352. The molecule has 0 aromatic heterocycles. The monoisotopic (exact) mass is 283 g/mol. The molecule has 0 atom stereocenters. The number of hydrogen-bond donors (Lipinski definition) is 0. The zero-order chi connectivity index (χ0) is 10.8. The maximum absolute atomic E-state index is 11.8. The largest absolute Gasteiger partial charge is 0.214 e. The maximum Gasteiger partial charge on any atom is 0.214 e. The third-order valence-electron chi connectivity index (χ3n) is 2.32. The molecule has 0 bridgehead atoms. The fourth-order valence-electron chi connectivity index (χ4n) is 1.63. The van der Waals surface area contributed by atoms with E-state index in [2.05, 4.69) is 15.9 Å². The molecule has 0 aromatic carbocycles. The van der Waals surface area contributed by atoms with Crippen LogP contribution in [0.5, 0.6) is 0 Å². The maximum atomic E-state index is 11.8. The molecule has 1 aliphatic heterocycles. The van der Waals surface area contributed by atoms with E-state index in [0.29, 0.717) is 17.9 Å². The zero-order valence-electron chi connectivity index (χ0n) is 8.74. The average Bonchev–Trinajstić information content (AvgIpc) is 2.02. The zero-order valence-corrected chi connectivity index (χ0v) is 11.1. The Hall–Kier alpha value is 0.390. The quantitative estimate of drug-likeness (QED) is 0.741. The number of alkyl halides is 1. The second-order valence-corrected chi connectivity index (χ2v) is 7.55. The number of piperidine rings is 1. The second-order valence-electron chi connectivity index (χ2n) is 4.25. The number of nitrogens with zero attached hydrogens (tertiary/aromatic N) is 1. The van der Waals surface area contributed by atoms with Crippen LogP contribution >= 0.6 is 15.9 Å². The summed E-state index contributed by atoms with van der Waals surface area (Å²) < 4.78 is 25.3. The summed E-state index contributed by atoms with van der Waals surface area (Å²) in [6.07, 6.45) is 1.86. The van der Waals surface area contributed by atoms with Crippen molar-refractivity contribution in [3.05, 3.63) is 0 Å². The van der Waals surface area contributed by atoms with Crippen molar-refractivity contribution < 1.29 is 8.42 Å². The highest BCUT2D eigenvalue weighted by Crippen LogP contribution is 2.20. The molecule has 1 rings (SSSR count). The molecule has 5 heteroatoms. The van der Waals surface area contributed by atoms with Gasteiger partial charge in [-0.2, -0.15) is 0 Å². The molecule has 0 unspecified atom stereocenters. The third kappa shape index (κ3) is 3.51. The summed E-state index contributed by atoms with van der Waals surface area (Å²) >= 11 is 3.51. The SMILES string of the molecule is CC(C)CS(=O)(=O)N1CCC(Br)CC1. The second kappa shape index (κ2) is 4.94. The van der Waals surface area contributed by atoms with Gasteiger partial charge in [-0.15, -0.1) is 0 Å². The van der Waals surface area contributed by atoms with Crippen LogP contribution in [0.3, 0.4) is 0 Å². The van der Waals surface area contributed by atoms with Crippen molar-refractivity contribution >= 4 is 26.0 Å². The van der Waals surface area contributed by atoms with Crippen molar-refractivity contribution in [2.24, 2.45) is 5.92 Å². The van der Waals surface area contributed by atoms with E-state index in [1.54, 1.807) is 4.31 Å². The number of hydrogen-bond acceptors (Lipinski definition) is 2. The topological polar surface area (TPSA) is 37.4 Å². The Morgan fingerprint density at radius 2 is 1.86 bits per heavy atom. The lowest BCUT2D eigenvalue weighted by Crippen LogP contribution is -2.40. The van der Waals surface area contributed by atoms with Crippen LogP contribution in [0.25, 0.3) is 0 Å². The van der Waals surface area contributed by atoms with Gasteiger partial charge in [0.25, 0.3) is 0 Å². The summed E-state index contributed by atoms with van der Waals surface area (Å²) in [5, 5.41) is 0. The van der Waals surface area contributed by atoms with Gasteiger partial charge in [0.1, 0.15) is 0 Å². The van der Waals surface area contributed by atoms with Crippen molar-refractivity contribution in [1.82, 2.24) is 4.31 Å². The van der Waals surface area contributed by atoms with E-state index in [9.17, 15) is 8.42 Å². The van der Waals surface area contributed by atoms with E-state index in [-0.39, 0.29) is 11.7 Å². The molecule has 0 radical (unpaired) electrons. The van der Waals surface area contributed by atoms with Crippen LogP contribution in [0.1, 0.15) is 26.7 Å². The molecule has 0 N–H and O–H groups in total. The molecular formula is C9H18BrNO2S. The van der Waals surface area contributed by atoms with Crippen LogP contribution in [0.15, 0.2) is 0 Å². The van der Waals surface area contributed by atoms with Crippen LogP contribution < -0.4 is 0 Å². The minimum atomic E-state index is -2.99. The van der Waals surface area contributed by atoms with E-state index in [0.717, 1.165) is 12.8 Å². The summed E-state index contributed by atoms with van der Waals surface area (Å²) in [5.41, 5.74) is 0. The van der Waals surface area contributed by atoms with Gasteiger partial charge in [-0.3, -0.25) is 0 Å². The number of rotatable bonds is 3. The highest BCUT2D eigenvalue weighted by molar-refractivity contribution is 9.09. The number of halogens is 1. The van der Waals surface area contributed by atoms with Crippen LogP contribution in [0.2, 0.25) is 0 Å². The first-order chi connectivity index (χ1) is 6.42. The molecule has 1 fully saturated rings. The van der Waals surface area contributed by atoms with Gasteiger partial charge in [0.15, 0.2) is 0 Å². The van der Waals surface area contributed by atoms with Gasteiger partial charge in [0, 0.05) is 17.9 Å². The summed E-state index contributed by atoms with van der Waals surface area (Å²) in [6, 6.07) is 0. The first kappa shape index (κ1) is 12.5. The van der Waals surface area contributed by atoms with E-state index in [1.165, 1.54) is 0 Å². The highest BCUT2D eigenvalue weighted by Gasteiger charge is 2.27. The van der Waals surface area contributed by atoms with Gasteiger partial charge in [-0.1, -0.05) is 29.8 Å². The molecule has 1 saturated heterocycles. The minimum absolute atomic E-state index is 0.210. The summed E-state index contributed by atoms with van der Waals surface area (Å²) in [4.78, 5) is 0.494. The molecule has 14 heavy (non-hydrogen) atoms. The highest BCUT2D eigenvalue weighted by atomic mass is 79.9. The standard InChI is InChI=1S/C9H18BrNO2S/c1-8(2)7-14(12,13)11-5-3-9(10)4-6-11/h8-9H,3-7H2,1-2H3. The molecule has 1 aliphatic rings. The minimum Gasteiger partial charge on any atom is -0.212 e. The van der Waals surface area contributed by atoms with Crippen molar-refractivity contribution in [3.8, 4) is 0 Å². The van der Waals surface area contributed by atoms with Gasteiger partial charge < -0.3 is 0 Å². The fourth-order valence-corrected chi connectivity index (χ4v) is 3.86. The predicted molar refractivity (Wildman–Crippen MR) is 62.1 cm³/mol. The summed E-state index contributed by atoms with van der Waals surface area (Å²) in [5.74, 6) is 0.488. The summed E-state index contributed by atoms with van der Waals surface area (Å²) in [7, 11) is -2.99. The van der Waals surface area contributed by atoms with Crippen molar-refractivity contribution in [3.63, 3.8) is 0 Å². The van der Waals surface area contributed by atoms with E-state index < -0.39 is 10.0 Å². The Kier molecular flexibility index (Phi) is 4.40. The Morgan fingerprint density at radius 3 is 2.29 bits per heavy atom. The van der Waals surface area contributed by atoms with Gasteiger partial charge >= 0.3 is 0 Å². The predicted octanol–water partition coefficient (Wildman–Crippen LogP) is 1.83. The Bertz CT molecular complexity index is 269. The van der Waals surface area contributed by atoms with Crippen LogP contribution in [0.4, 0.5) is 0 Å². The Labute approximate surface area is 95.0 Å². The molecule has 1 heterocycles. The van der Waals surface area contributed by atoms with E-state index >= 15 is 0 Å². The third-order valence-corrected chi connectivity index (χ3v) is 5.48. The molecular weight excluding hydrogens is 266 g/mol. The van der Waals surface area contributed by atoms with E-state index in [1.807, 2.05) is 13.8 Å². The smallest absolute Gasteiger partial charge is 0.212 e. The molecule has 0 spiro atoms. The lowest BCUT2D eigenvalue weighted by Gasteiger charge is -2.29. The summed E-state index contributed by atoms with van der Waals surface area (Å²) in [6.45, 7) is 5.22. The fraction of sp³-hybridized carbons (Fsp3) is 1.00. The van der Waals surface area contributed by atoms with Gasteiger partial charge in [-0.25, -0.2) is 12.7 Å². The van der Waals surface area contributed by atoms with Crippen molar-refractivity contribution in [2.75, 3.05) is 18.8 Å². The average molecular weight is 284 g/mol. The molecule has 0 aromatic rings. The molecule has 0 amide bonds. The molecule has 0 saturated carbocycles.